The number of benzene rings is 1. The van der Waals surface area contributed by atoms with Crippen LogP contribution >= 0.6 is 0 Å². The lowest BCUT2D eigenvalue weighted by Gasteiger charge is -2.33. The molecule has 1 atom stereocenters. The van der Waals surface area contributed by atoms with Gasteiger partial charge in [-0.1, -0.05) is 12.1 Å². The Morgan fingerprint density at radius 3 is 2.34 bits per heavy atom. The molecule has 0 radical (unpaired) electrons. The molecule has 3 rings (SSSR count). The third-order valence-corrected chi connectivity index (χ3v) is 8.02. The Bertz CT molecular complexity index is 943. The van der Waals surface area contributed by atoms with E-state index in [0.29, 0.717) is 6.54 Å². The molecule has 11 heteroatoms. The van der Waals surface area contributed by atoms with E-state index in [2.05, 4.69) is 0 Å². The minimum absolute atomic E-state index is 0.1000. The fourth-order valence-corrected chi connectivity index (χ4v) is 5.88. The summed E-state index contributed by atoms with van der Waals surface area (Å²) in [6, 6.07) is 4.15. The lowest BCUT2D eigenvalue weighted by atomic mass is 9.98. The summed E-state index contributed by atoms with van der Waals surface area (Å²) in [5.41, 5.74) is -1.22. The fraction of sp³-hybridized carbons (Fsp3) is 0.619. The van der Waals surface area contributed by atoms with E-state index in [1.54, 1.807) is 4.90 Å². The predicted octanol–water partition coefficient (Wildman–Crippen LogP) is 3.05. The number of amides is 1. The number of piperidine rings is 2. The molecule has 0 aromatic heterocycles. The van der Waals surface area contributed by atoms with Crippen molar-refractivity contribution in [3.8, 4) is 0 Å². The van der Waals surface area contributed by atoms with Crippen molar-refractivity contribution in [3.63, 3.8) is 0 Å². The van der Waals surface area contributed by atoms with Crippen LogP contribution in [0.4, 0.5) is 13.2 Å². The fourth-order valence-electron chi connectivity index (χ4n) is 4.20. The molecule has 0 bridgehead atoms. The Kier molecular flexibility index (Phi) is 7.49. The average Bonchev–Trinajstić information content (AvgIpc) is 2.77. The molecule has 0 aliphatic carbocycles. The number of carbonyl (C=O) groups excluding carboxylic acids is 2. The van der Waals surface area contributed by atoms with Crippen molar-refractivity contribution >= 4 is 21.9 Å². The lowest BCUT2D eigenvalue weighted by Crippen LogP contribution is -2.45. The van der Waals surface area contributed by atoms with Crippen molar-refractivity contribution in [2.75, 3.05) is 26.2 Å². The van der Waals surface area contributed by atoms with Crippen molar-refractivity contribution < 1.29 is 35.9 Å². The van der Waals surface area contributed by atoms with Gasteiger partial charge >= 0.3 is 12.1 Å². The van der Waals surface area contributed by atoms with Crippen LogP contribution in [-0.2, 0) is 30.5 Å². The van der Waals surface area contributed by atoms with Crippen LogP contribution in [0, 0.1) is 5.92 Å². The van der Waals surface area contributed by atoms with Gasteiger partial charge in [0.15, 0.2) is 6.61 Å². The van der Waals surface area contributed by atoms with Gasteiger partial charge in [0.25, 0.3) is 5.91 Å². The SMILES string of the molecule is CC1CCCCN1C(=O)COC(=O)C1CCN(S(=O)(=O)c2ccccc2C(F)(F)F)CC1. The Morgan fingerprint density at radius 2 is 1.72 bits per heavy atom. The van der Waals surface area contributed by atoms with Crippen molar-refractivity contribution in [1.82, 2.24) is 9.21 Å². The molecule has 0 spiro atoms. The number of likely N-dealkylation sites (tertiary alicyclic amines) is 1. The van der Waals surface area contributed by atoms with Gasteiger partial charge in [-0.05, 0) is 51.2 Å². The van der Waals surface area contributed by atoms with Crippen LogP contribution in [0.1, 0.15) is 44.6 Å². The molecule has 0 N–H and O–H groups in total. The largest absolute Gasteiger partial charge is 0.455 e. The summed E-state index contributed by atoms with van der Waals surface area (Å²) in [6.07, 6.45) is -1.70. The molecule has 1 unspecified atom stereocenters. The molecule has 2 saturated heterocycles. The Morgan fingerprint density at radius 1 is 1.06 bits per heavy atom. The second kappa shape index (κ2) is 9.78. The number of sulfonamides is 1. The second-order valence-corrected chi connectivity index (χ2v) is 10.1. The van der Waals surface area contributed by atoms with Crippen LogP contribution in [0.2, 0.25) is 0 Å². The number of alkyl halides is 3. The van der Waals surface area contributed by atoms with E-state index in [1.165, 1.54) is 6.07 Å². The molecule has 2 aliphatic heterocycles. The van der Waals surface area contributed by atoms with Crippen LogP contribution in [-0.4, -0.2) is 61.8 Å². The number of carbonyl (C=O) groups is 2. The van der Waals surface area contributed by atoms with Gasteiger partial charge in [-0.15, -0.1) is 0 Å². The maximum absolute atomic E-state index is 13.2. The molecule has 2 fully saturated rings. The van der Waals surface area contributed by atoms with Crippen molar-refractivity contribution in [1.29, 1.82) is 0 Å². The first-order valence-corrected chi connectivity index (χ1v) is 12.1. The Labute approximate surface area is 185 Å². The number of ether oxygens (including phenoxy) is 1. The number of halogens is 3. The van der Waals surface area contributed by atoms with Gasteiger partial charge in [0, 0.05) is 25.7 Å². The maximum Gasteiger partial charge on any atom is 0.417 e. The number of hydrogen-bond acceptors (Lipinski definition) is 5. The van der Waals surface area contributed by atoms with Gasteiger partial charge in [0.05, 0.1) is 16.4 Å². The zero-order valence-corrected chi connectivity index (χ0v) is 18.6. The quantitative estimate of drug-likeness (QED) is 0.610. The summed E-state index contributed by atoms with van der Waals surface area (Å²) in [5, 5.41) is 0. The standard InChI is InChI=1S/C21H27F3N2O5S/c1-15-6-4-5-11-26(15)19(27)14-31-20(28)16-9-12-25(13-10-16)32(29,30)18-8-3-2-7-17(18)21(22,23)24/h2-3,7-8,15-16H,4-6,9-14H2,1H3. The summed E-state index contributed by atoms with van der Waals surface area (Å²) in [6.45, 7) is 2.01. The molecular weight excluding hydrogens is 449 g/mol. The van der Waals surface area contributed by atoms with Crippen LogP contribution in [0.3, 0.4) is 0 Å². The third kappa shape index (κ3) is 5.43. The smallest absolute Gasteiger partial charge is 0.417 e. The molecule has 7 nitrogen and oxygen atoms in total. The highest BCUT2D eigenvalue weighted by Gasteiger charge is 2.40. The van der Waals surface area contributed by atoms with Gasteiger partial charge in [-0.3, -0.25) is 9.59 Å². The van der Waals surface area contributed by atoms with Crippen LogP contribution < -0.4 is 0 Å². The van der Waals surface area contributed by atoms with Crippen molar-refractivity contribution in [2.24, 2.45) is 5.92 Å². The third-order valence-electron chi connectivity index (χ3n) is 6.06. The van der Waals surface area contributed by atoms with Crippen LogP contribution in [0.15, 0.2) is 29.2 Å². The van der Waals surface area contributed by atoms with Crippen molar-refractivity contribution in [2.45, 2.75) is 56.1 Å². The number of hydrogen-bond donors (Lipinski definition) is 0. The second-order valence-electron chi connectivity index (χ2n) is 8.21. The maximum atomic E-state index is 13.2. The van der Waals surface area contributed by atoms with Gasteiger partial charge in [-0.25, -0.2) is 8.42 Å². The summed E-state index contributed by atoms with van der Waals surface area (Å²) >= 11 is 0. The number of esters is 1. The van der Waals surface area contributed by atoms with E-state index < -0.39 is 38.5 Å². The Balaban J connectivity index is 1.57. The molecule has 178 valence electrons. The lowest BCUT2D eigenvalue weighted by molar-refractivity contribution is -0.157. The van der Waals surface area contributed by atoms with Crippen LogP contribution in [0.25, 0.3) is 0 Å². The van der Waals surface area contributed by atoms with E-state index in [0.717, 1.165) is 41.8 Å². The van der Waals surface area contributed by atoms with Crippen molar-refractivity contribution in [3.05, 3.63) is 29.8 Å². The first-order chi connectivity index (χ1) is 15.0. The molecule has 0 saturated carbocycles. The van der Waals surface area contributed by atoms with E-state index in [1.807, 2.05) is 6.92 Å². The van der Waals surface area contributed by atoms with Gasteiger partial charge in [0.1, 0.15) is 0 Å². The molecule has 2 aliphatic rings. The zero-order chi connectivity index (χ0) is 23.5. The van der Waals surface area contributed by atoms with Crippen LogP contribution in [0.5, 0.6) is 0 Å². The molecule has 32 heavy (non-hydrogen) atoms. The van der Waals surface area contributed by atoms with E-state index in [-0.39, 0.29) is 44.5 Å². The normalized spacial score (nSPS) is 21.4. The van der Waals surface area contributed by atoms with Gasteiger partial charge < -0.3 is 9.64 Å². The summed E-state index contributed by atoms with van der Waals surface area (Å²) in [7, 11) is -4.37. The molecule has 1 aromatic rings. The van der Waals surface area contributed by atoms with E-state index >= 15 is 0 Å². The first kappa shape index (κ1) is 24.5. The Hall–Kier alpha value is -2.14. The summed E-state index contributed by atoms with van der Waals surface area (Å²) in [4.78, 5) is 25.6. The summed E-state index contributed by atoms with van der Waals surface area (Å²) in [5.74, 6) is -1.45. The highest BCUT2D eigenvalue weighted by atomic mass is 32.2. The van der Waals surface area contributed by atoms with Gasteiger partial charge in [-0.2, -0.15) is 17.5 Å². The number of nitrogens with zero attached hydrogens (tertiary/aromatic N) is 2. The average molecular weight is 477 g/mol. The highest BCUT2D eigenvalue weighted by molar-refractivity contribution is 7.89. The predicted molar refractivity (Wildman–Crippen MR) is 109 cm³/mol. The zero-order valence-electron chi connectivity index (χ0n) is 17.8. The van der Waals surface area contributed by atoms with E-state index in [9.17, 15) is 31.2 Å². The van der Waals surface area contributed by atoms with Gasteiger partial charge in [0.2, 0.25) is 10.0 Å². The molecule has 1 aromatic carbocycles. The topological polar surface area (TPSA) is 84.0 Å². The minimum atomic E-state index is -4.80. The highest BCUT2D eigenvalue weighted by Crippen LogP contribution is 2.36. The monoisotopic (exact) mass is 476 g/mol. The van der Waals surface area contributed by atoms with E-state index in [4.69, 9.17) is 4.74 Å². The molecular formula is C21H27F3N2O5S. The minimum Gasteiger partial charge on any atom is -0.455 e. The summed E-state index contributed by atoms with van der Waals surface area (Å²) < 4.78 is 71.5. The first-order valence-electron chi connectivity index (χ1n) is 10.6. The molecule has 2 heterocycles. The molecule has 1 amide bonds. The number of rotatable bonds is 5.